The van der Waals surface area contributed by atoms with Gasteiger partial charge in [0, 0.05) is 0 Å². The summed E-state index contributed by atoms with van der Waals surface area (Å²) < 4.78 is 5.74. The number of rotatable bonds is 6. The van der Waals surface area contributed by atoms with Gasteiger partial charge in [-0.05, 0) is 12.1 Å². The van der Waals surface area contributed by atoms with Gasteiger partial charge in [-0.3, -0.25) is 0 Å². The lowest BCUT2D eigenvalue weighted by Crippen LogP contribution is -2.20. The SMILES string of the molecule is CCC[SiH](S)O[SiH](S)CCC. The average Bonchev–Trinajstić information content (AvgIpc) is 1.87. The lowest BCUT2D eigenvalue weighted by molar-refractivity contribution is 0.615. The molecule has 0 rings (SSSR count). The van der Waals surface area contributed by atoms with Crippen molar-refractivity contribution >= 4 is 40.5 Å². The Balaban J connectivity index is 3.32. The average molecular weight is 227 g/mol. The molecule has 0 aliphatic heterocycles. The monoisotopic (exact) mass is 226 g/mol. The minimum absolute atomic E-state index is 1.11. The van der Waals surface area contributed by atoms with Crippen molar-refractivity contribution in [1.82, 2.24) is 0 Å². The zero-order valence-electron chi connectivity index (χ0n) is 7.29. The Bertz CT molecular complexity index is 84.7. The molecule has 0 aromatic heterocycles. The second-order valence-electron chi connectivity index (χ2n) is 2.62. The summed E-state index contributed by atoms with van der Waals surface area (Å²) in [5.74, 6) is 0. The van der Waals surface area contributed by atoms with E-state index in [1.807, 2.05) is 0 Å². The molecule has 0 N–H and O–H groups in total. The fourth-order valence-electron chi connectivity index (χ4n) is 0.811. The third-order valence-electron chi connectivity index (χ3n) is 1.39. The Labute approximate surface area is 83.5 Å². The molecule has 0 amide bonds. The van der Waals surface area contributed by atoms with Crippen molar-refractivity contribution in [3.8, 4) is 0 Å². The van der Waals surface area contributed by atoms with E-state index in [0.29, 0.717) is 0 Å². The van der Waals surface area contributed by atoms with Crippen LogP contribution in [0.15, 0.2) is 0 Å². The molecule has 0 radical (unpaired) electrons. The molecule has 5 heteroatoms. The first kappa shape index (κ1) is 12.1. The molecule has 1 nitrogen and oxygen atoms in total. The Morgan fingerprint density at radius 1 is 1.00 bits per heavy atom. The number of hydrogen-bond donors (Lipinski definition) is 2. The van der Waals surface area contributed by atoms with E-state index in [0.717, 1.165) is 0 Å². The van der Waals surface area contributed by atoms with Crippen LogP contribution in [0.4, 0.5) is 0 Å². The number of hydrogen-bond acceptors (Lipinski definition) is 3. The van der Waals surface area contributed by atoms with Crippen LogP contribution in [0.3, 0.4) is 0 Å². The van der Waals surface area contributed by atoms with Gasteiger partial charge in [-0.2, -0.15) is 24.2 Å². The summed E-state index contributed by atoms with van der Waals surface area (Å²) in [5.41, 5.74) is 0. The van der Waals surface area contributed by atoms with E-state index in [2.05, 4.69) is 38.0 Å². The van der Waals surface area contributed by atoms with E-state index < -0.39 is 16.4 Å². The van der Waals surface area contributed by atoms with Crippen molar-refractivity contribution in [2.24, 2.45) is 0 Å². The minimum atomic E-state index is -1.11. The quantitative estimate of drug-likeness (QED) is 0.521. The molecule has 0 saturated carbocycles. The first-order valence-corrected chi connectivity index (χ1v) is 10.9. The van der Waals surface area contributed by atoms with Crippen LogP contribution in [0.25, 0.3) is 0 Å². The highest BCUT2D eigenvalue weighted by molar-refractivity contribution is 8.12. The van der Waals surface area contributed by atoms with Gasteiger partial charge in [-0.1, -0.05) is 26.7 Å². The van der Waals surface area contributed by atoms with Gasteiger partial charge < -0.3 is 4.12 Å². The highest BCUT2D eigenvalue weighted by Crippen LogP contribution is 2.10. The molecule has 0 bridgehead atoms. The van der Waals surface area contributed by atoms with Crippen LogP contribution in [0, 0.1) is 0 Å². The van der Waals surface area contributed by atoms with E-state index >= 15 is 0 Å². The maximum absolute atomic E-state index is 5.74. The van der Waals surface area contributed by atoms with Crippen LogP contribution in [0.1, 0.15) is 26.7 Å². The first-order chi connectivity index (χ1) is 5.20. The second-order valence-corrected chi connectivity index (χ2v) is 10.1. The molecule has 0 spiro atoms. The van der Waals surface area contributed by atoms with Crippen LogP contribution in [0.5, 0.6) is 0 Å². The van der Waals surface area contributed by atoms with E-state index in [-0.39, 0.29) is 0 Å². The van der Waals surface area contributed by atoms with Crippen LogP contribution < -0.4 is 0 Å². The van der Waals surface area contributed by atoms with Crippen LogP contribution in [0.2, 0.25) is 12.1 Å². The van der Waals surface area contributed by atoms with E-state index in [1.165, 1.54) is 24.9 Å². The zero-order chi connectivity index (χ0) is 8.69. The Kier molecular flexibility index (Phi) is 8.50. The summed E-state index contributed by atoms with van der Waals surface area (Å²) in [7, 11) is -2.22. The minimum Gasteiger partial charge on any atom is -0.444 e. The van der Waals surface area contributed by atoms with Gasteiger partial charge in [-0.25, -0.2) is 0 Å². The summed E-state index contributed by atoms with van der Waals surface area (Å²) in [5, 5.41) is 0. The zero-order valence-corrected chi connectivity index (χ0v) is 11.4. The maximum atomic E-state index is 5.74. The summed E-state index contributed by atoms with van der Waals surface area (Å²) in [6, 6.07) is 2.35. The molecule has 2 atom stereocenters. The lowest BCUT2D eigenvalue weighted by Gasteiger charge is -2.14. The Morgan fingerprint density at radius 2 is 1.36 bits per heavy atom. The molecule has 0 saturated heterocycles. The molecule has 0 heterocycles. The topological polar surface area (TPSA) is 9.23 Å². The van der Waals surface area contributed by atoms with E-state index in [1.54, 1.807) is 0 Å². The molecule has 11 heavy (non-hydrogen) atoms. The van der Waals surface area contributed by atoms with Crippen molar-refractivity contribution in [2.45, 2.75) is 38.8 Å². The predicted molar refractivity (Wildman–Crippen MR) is 63.6 cm³/mol. The summed E-state index contributed by atoms with van der Waals surface area (Å²) in [6.45, 7) is 4.35. The van der Waals surface area contributed by atoms with E-state index in [9.17, 15) is 0 Å². The van der Waals surface area contributed by atoms with Gasteiger partial charge in [0.2, 0.25) is 16.4 Å². The van der Waals surface area contributed by atoms with Gasteiger partial charge >= 0.3 is 0 Å². The van der Waals surface area contributed by atoms with Crippen molar-refractivity contribution in [1.29, 1.82) is 0 Å². The molecule has 0 aliphatic carbocycles. The molecule has 0 fully saturated rings. The standard InChI is InChI=1S/C6H18OS2Si2/c1-3-5-10(8)7-11(9)6-4-2/h8-11H,3-6H2,1-2H3. The normalized spacial score (nSPS) is 16.4. The van der Waals surface area contributed by atoms with Crippen LogP contribution in [-0.4, -0.2) is 16.4 Å². The largest absolute Gasteiger partial charge is 0.444 e. The fourth-order valence-corrected chi connectivity index (χ4v) is 9.40. The molecule has 0 aromatic carbocycles. The fraction of sp³-hybridized carbons (Fsp3) is 1.00. The van der Waals surface area contributed by atoms with Crippen molar-refractivity contribution in [2.75, 3.05) is 0 Å². The molecular weight excluding hydrogens is 208 g/mol. The highest BCUT2D eigenvalue weighted by Gasteiger charge is 2.11. The van der Waals surface area contributed by atoms with Crippen LogP contribution >= 0.6 is 24.2 Å². The predicted octanol–water partition coefficient (Wildman–Crippen LogP) is 2.12. The Morgan fingerprint density at radius 3 is 1.64 bits per heavy atom. The smallest absolute Gasteiger partial charge is 0.224 e. The molecule has 68 valence electrons. The van der Waals surface area contributed by atoms with Gasteiger partial charge in [0.1, 0.15) is 0 Å². The van der Waals surface area contributed by atoms with E-state index in [4.69, 9.17) is 4.12 Å². The first-order valence-electron chi connectivity index (χ1n) is 4.22. The van der Waals surface area contributed by atoms with Gasteiger partial charge in [-0.15, -0.1) is 0 Å². The molecular formula is C6H18OS2Si2. The summed E-state index contributed by atoms with van der Waals surface area (Å²) >= 11 is 8.89. The van der Waals surface area contributed by atoms with Gasteiger partial charge in [0.25, 0.3) is 0 Å². The third-order valence-corrected chi connectivity index (χ3v) is 9.78. The second kappa shape index (κ2) is 7.73. The molecule has 0 aromatic rings. The number of thiol groups is 2. The summed E-state index contributed by atoms with van der Waals surface area (Å²) in [6.07, 6.45) is 2.39. The van der Waals surface area contributed by atoms with Crippen molar-refractivity contribution < 1.29 is 4.12 Å². The maximum Gasteiger partial charge on any atom is 0.224 e. The Hall–Kier alpha value is 1.09. The lowest BCUT2D eigenvalue weighted by atomic mass is 10.6. The van der Waals surface area contributed by atoms with Crippen LogP contribution in [-0.2, 0) is 4.12 Å². The third kappa shape index (κ3) is 7.45. The van der Waals surface area contributed by atoms with Crippen molar-refractivity contribution in [3.63, 3.8) is 0 Å². The molecule has 0 aliphatic rings. The van der Waals surface area contributed by atoms with Gasteiger partial charge in [0.05, 0.1) is 0 Å². The summed E-state index contributed by atoms with van der Waals surface area (Å²) in [4.78, 5) is 0. The highest BCUT2D eigenvalue weighted by atomic mass is 32.3. The molecule has 2 unspecified atom stereocenters. The van der Waals surface area contributed by atoms with Gasteiger partial charge in [0.15, 0.2) is 0 Å². The van der Waals surface area contributed by atoms with Crippen molar-refractivity contribution in [3.05, 3.63) is 0 Å².